The number of rotatable bonds is 10. The number of aliphatic carboxylic acids is 1. The third-order valence-electron chi connectivity index (χ3n) is 5.84. The van der Waals surface area contributed by atoms with Gasteiger partial charge in [0.15, 0.2) is 5.96 Å². The molecule has 11 nitrogen and oxygen atoms in total. The lowest BCUT2D eigenvalue weighted by Crippen LogP contribution is -2.54. The van der Waals surface area contributed by atoms with E-state index in [1.807, 2.05) is 24.3 Å². The van der Waals surface area contributed by atoms with Crippen LogP contribution in [0, 0.1) is 0 Å². The normalized spacial score (nSPS) is 17.5. The highest BCUT2D eigenvalue weighted by molar-refractivity contribution is 5.92. The number of nitrogens with two attached hydrogens (primary N) is 3. The van der Waals surface area contributed by atoms with Gasteiger partial charge >= 0.3 is 5.97 Å². The second kappa shape index (κ2) is 10.8. The Hall–Kier alpha value is -3.60. The summed E-state index contributed by atoms with van der Waals surface area (Å²) in [7, 11) is 0. The fourth-order valence-corrected chi connectivity index (χ4v) is 4.15. The fourth-order valence-electron chi connectivity index (χ4n) is 4.15. The van der Waals surface area contributed by atoms with Crippen LogP contribution in [0.2, 0.25) is 0 Å². The minimum absolute atomic E-state index is 0.0215. The van der Waals surface area contributed by atoms with Gasteiger partial charge in [-0.1, -0.05) is 18.2 Å². The Bertz CT molecular complexity index is 1030. The number of nitrogens with zero attached hydrogens (tertiary/aromatic N) is 2. The van der Waals surface area contributed by atoms with Gasteiger partial charge in [0, 0.05) is 36.6 Å². The zero-order chi connectivity index (χ0) is 24.0. The Kier molecular flexibility index (Phi) is 7.88. The maximum absolute atomic E-state index is 13.0. The zero-order valence-electron chi connectivity index (χ0n) is 18.4. The molecule has 178 valence electrons. The number of carboxylic acids is 1. The van der Waals surface area contributed by atoms with Crippen LogP contribution >= 0.6 is 0 Å². The van der Waals surface area contributed by atoms with E-state index in [2.05, 4.69) is 15.3 Å². The molecular weight excluding hydrogens is 426 g/mol. The van der Waals surface area contributed by atoms with Crippen LogP contribution in [0.25, 0.3) is 10.9 Å². The summed E-state index contributed by atoms with van der Waals surface area (Å²) >= 11 is 0. The Morgan fingerprint density at radius 2 is 2.03 bits per heavy atom. The van der Waals surface area contributed by atoms with Crippen LogP contribution in [0.5, 0.6) is 0 Å². The smallest absolute Gasteiger partial charge is 0.326 e. The number of hydrogen-bond acceptors (Lipinski definition) is 5. The summed E-state index contributed by atoms with van der Waals surface area (Å²) in [6, 6.07) is 4.90. The standard InChI is InChI=1S/C22H31N7O4/c23-15(6-3-9-26-22(24)25)20(31)29-10-4-8-18(29)19(30)28-17(21(32)33)11-13-12-27-16-7-2-1-5-14(13)16/h1-2,5,7,12,15,17-18,27H,3-4,6,8-11,23H2,(H,28,30)(H,32,33)(H4,24,25,26). The van der Waals surface area contributed by atoms with Crippen LogP contribution in [0.15, 0.2) is 35.5 Å². The molecule has 1 aliphatic heterocycles. The van der Waals surface area contributed by atoms with Crippen molar-refractivity contribution >= 4 is 34.6 Å². The largest absolute Gasteiger partial charge is 0.480 e. The summed E-state index contributed by atoms with van der Waals surface area (Å²) < 4.78 is 0. The quantitative estimate of drug-likeness (QED) is 0.159. The molecular formula is C22H31N7O4. The molecule has 2 amide bonds. The maximum Gasteiger partial charge on any atom is 0.326 e. The first kappa shape index (κ1) is 24.1. The number of aromatic amines is 1. The number of para-hydroxylation sites is 1. The van der Waals surface area contributed by atoms with E-state index in [0.29, 0.717) is 38.8 Å². The van der Waals surface area contributed by atoms with Gasteiger partial charge in [0.1, 0.15) is 12.1 Å². The molecule has 9 N–H and O–H groups in total. The molecule has 3 unspecified atom stereocenters. The maximum atomic E-state index is 13.0. The first-order valence-electron chi connectivity index (χ1n) is 11.0. The van der Waals surface area contributed by atoms with Gasteiger partial charge in [-0.3, -0.25) is 14.6 Å². The first-order valence-corrected chi connectivity index (χ1v) is 11.0. The monoisotopic (exact) mass is 457 g/mol. The van der Waals surface area contributed by atoms with E-state index >= 15 is 0 Å². The summed E-state index contributed by atoms with van der Waals surface area (Å²) in [5.41, 5.74) is 18.3. The van der Waals surface area contributed by atoms with Crippen molar-refractivity contribution in [2.24, 2.45) is 22.2 Å². The van der Waals surface area contributed by atoms with Crippen molar-refractivity contribution in [3.8, 4) is 0 Å². The predicted octanol–water partition coefficient (Wildman–Crippen LogP) is -0.348. The number of benzene rings is 1. The zero-order valence-corrected chi connectivity index (χ0v) is 18.4. The predicted molar refractivity (Wildman–Crippen MR) is 124 cm³/mol. The van der Waals surface area contributed by atoms with Gasteiger partial charge in [-0.15, -0.1) is 0 Å². The highest BCUT2D eigenvalue weighted by atomic mass is 16.4. The number of amides is 2. The summed E-state index contributed by atoms with van der Waals surface area (Å²) in [5.74, 6) is -1.98. The number of carbonyl (C=O) groups excluding carboxylic acids is 2. The van der Waals surface area contributed by atoms with Crippen molar-refractivity contribution in [2.45, 2.75) is 50.2 Å². The molecule has 0 spiro atoms. The summed E-state index contributed by atoms with van der Waals surface area (Å²) in [4.78, 5) is 46.1. The number of carboxylic acid groups (broad SMARTS) is 1. The number of likely N-dealkylation sites (tertiary alicyclic amines) is 1. The SMILES string of the molecule is NC(N)=NCCCC(N)C(=O)N1CCCC1C(=O)NC(Cc1c[nH]c2ccccc12)C(=O)O. The van der Waals surface area contributed by atoms with Crippen molar-refractivity contribution < 1.29 is 19.5 Å². The molecule has 1 aliphatic rings. The number of carbonyl (C=O) groups is 3. The molecule has 33 heavy (non-hydrogen) atoms. The van der Waals surface area contributed by atoms with Gasteiger partial charge in [0.25, 0.3) is 0 Å². The third kappa shape index (κ3) is 6.01. The fraction of sp³-hybridized carbons (Fsp3) is 0.455. The average molecular weight is 458 g/mol. The van der Waals surface area contributed by atoms with Crippen LogP contribution < -0.4 is 22.5 Å². The van der Waals surface area contributed by atoms with E-state index in [-0.39, 0.29) is 18.3 Å². The summed E-state index contributed by atoms with van der Waals surface area (Å²) in [5, 5.41) is 13.2. The summed E-state index contributed by atoms with van der Waals surface area (Å²) in [6.07, 6.45) is 3.87. The van der Waals surface area contributed by atoms with Crippen LogP contribution in [-0.2, 0) is 20.8 Å². The van der Waals surface area contributed by atoms with E-state index in [0.717, 1.165) is 16.5 Å². The highest BCUT2D eigenvalue weighted by Crippen LogP contribution is 2.21. The number of aromatic nitrogens is 1. The highest BCUT2D eigenvalue weighted by Gasteiger charge is 2.37. The van der Waals surface area contributed by atoms with Crippen LogP contribution in [0.3, 0.4) is 0 Å². The molecule has 1 aromatic carbocycles. The molecule has 0 saturated carbocycles. The first-order chi connectivity index (χ1) is 15.8. The van der Waals surface area contributed by atoms with Crippen molar-refractivity contribution in [1.29, 1.82) is 0 Å². The second-order valence-electron chi connectivity index (χ2n) is 8.21. The van der Waals surface area contributed by atoms with Gasteiger partial charge in [-0.2, -0.15) is 0 Å². The van der Waals surface area contributed by atoms with E-state index in [9.17, 15) is 19.5 Å². The molecule has 1 fully saturated rings. The minimum atomic E-state index is -1.14. The Morgan fingerprint density at radius 1 is 1.27 bits per heavy atom. The van der Waals surface area contributed by atoms with Gasteiger partial charge in [0.05, 0.1) is 6.04 Å². The minimum Gasteiger partial charge on any atom is -0.480 e. The lowest BCUT2D eigenvalue weighted by atomic mass is 10.0. The molecule has 1 aromatic heterocycles. The van der Waals surface area contributed by atoms with E-state index in [4.69, 9.17) is 17.2 Å². The summed E-state index contributed by atoms with van der Waals surface area (Å²) in [6.45, 7) is 0.764. The van der Waals surface area contributed by atoms with Crippen molar-refractivity contribution in [3.63, 3.8) is 0 Å². The van der Waals surface area contributed by atoms with Crippen molar-refractivity contribution in [3.05, 3.63) is 36.0 Å². The second-order valence-corrected chi connectivity index (χ2v) is 8.21. The molecule has 3 rings (SSSR count). The van der Waals surface area contributed by atoms with E-state index in [1.165, 1.54) is 4.90 Å². The van der Waals surface area contributed by atoms with E-state index in [1.54, 1.807) is 6.20 Å². The van der Waals surface area contributed by atoms with Crippen LogP contribution in [0.4, 0.5) is 0 Å². The number of guanidine groups is 1. The molecule has 0 radical (unpaired) electrons. The number of fused-ring (bicyclic) bond motifs is 1. The molecule has 0 aliphatic carbocycles. The number of aliphatic imine (C=N–C) groups is 1. The lowest BCUT2D eigenvalue weighted by Gasteiger charge is -2.27. The topological polar surface area (TPSA) is 193 Å². The number of H-pyrrole nitrogens is 1. The van der Waals surface area contributed by atoms with Gasteiger partial charge in [0.2, 0.25) is 11.8 Å². The molecule has 1 saturated heterocycles. The molecule has 0 bridgehead atoms. The van der Waals surface area contributed by atoms with Crippen molar-refractivity contribution in [1.82, 2.24) is 15.2 Å². The Balaban J connectivity index is 1.62. The average Bonchev–Trinajstić information content (AvgIpc) is 3.43. The third-order valence-corrected chi connectivity index (χ3v) is 5.84. The number of nitrogens with one attached hydrogen (secondary N) is 2. The van der Waals surface area contributed by atoms with E-state index < -0.39 is 30.0 Å². The van der Waals surface area contributed by atoms with Gasteiger partial charge < -0.3 is 37.5 Å². The van der Waals surface area contributed by atoms with Crippen LogP contribution in [-0.4, -0.2) is 69.9 Å². The van der Waals surface area contributed by atoms with Gasteiger partial charge in [-0.05, 0) is 37.3 Å². The molecule has 2 aromatic rings. The molecule has 11 heteroatoms. The molecule has 3 atom stereocenters. The van der Waals surface area contributed by atoms with Gasteiger partial charge in [-0.25, -0.2) is 4.79 Å². The number of hydrogen-bond donors (Lipinski definition) is 6. The Morgan fingerprint density at radius 3 is 2.76 bits per heavy atom. The Labute approximate surface area is 191 Å². The van der Waals surface area contributed by atoms with Crippen LogP contribution in [0.1, 0.15) is 31.2 Å². The molecule has 2 heterocycles. The van der Waals surface area contributed by atoms with Crippen molar-refractivity contribution in [2.75, 3.05) is 13.1 Å². The lowest BCUT2D eigenvalue weighted by molar-refractivity contribution is -0.144.